The van der Waals surface area contributed by atoms with Gasteiger partial charge in [0.25, 0.3) is 0 Å². The summed E-state index contributed by atoms with van der Waals surface area (Å²) in [4.78, 5) is 19.1. The molecule has 3 nitrogen and oxygen atoms in total. The molecule has 0 heterocycles. The Labute approximate surface area is 40.8 Å². The predicted octanol–water partition coefficient (Wildman–Crippen LogP) is -0.773. The fourth-order valence-electron chi connectivity index (χ4n) is 0.134. The number of primary amides is 1. The number of hydrogen-bond donors (Lipinski definition) is 1. The Kier molecular flexibility index (Phi) is 2.59. The Bertz CT molecular complexity index is 106. The van der Waals surface area contributed by atoms with E-state index in [1.165, 1.54) is 0 Å². The average molecular weight is 99.1 g/mol. The van der Waals surface area contributed by atoms with Crippen LogP contribution >= 0.6 is 0 Å². The lowest BCUT2D eigenvalue weighted by Crippen LogP contribution is -2.05. The average Bonchev–Trinajstić information content (AvgIpc) is 1.61. The summed E-state index contributed by atoms with van der Waals surface area (Å²) in [6, 6.07) is 0. The molecule has 0 aromatic heterocycles. The fourth-order valence-corrected chi connectivity index (χ4v) is 0.134. The van der Waals surface area contributed by atoms with E-state index in [4.69, 9.17) is 0 Å². The van der Waals surface area contributed by atoms with Gasteiger partial charge < -0.3 is 5.73 Å². The zero-order chi connectivity index (χ0) is 5.70. The SMILES string of the molecule is NC(=O)/C=C/C=O. The van der Waals surface area contributed by atoms with Gasteiger partial charge in [0.1, 0.15) is 6.29 Å². The third kappa shape index (κ3) is 4.88. The lowest BCUT2D eigenvalue weighted by molar-refractivity contribution is -0.114. The van der Waals surface area contributed by atoms with Gasteiger partial charge in [0.05, 0.1) is 0 Å². The van der Waals surface area contributed by atoms with Gasteiger partial charge in [-0.05, 0) is 6.08 Å². The molecule has 0 atom stereocenters. The van der Waals surface area contributed by atoms with Crippen molar-refractivity contribution in [3.8, 4) is 0 Å². The molecule has 7 heavy (non-hydrogen) atoms. The van der Waals surface area contributed by atoms with Crippen molar-refractivity contribution in [2.24, 2.45) is 5.73 Å². The monoisotopic (exact) mass is 99.0 g/mol. The van der Waals surface area contributed by atoms with Gasteiger partial charge in [-0.15, -0.1) is 0 Å². The normalized spacial score (nSPS) is 9.14. The minimum absolute atomic E-state index is 0.491. The Morgan fingerprint density at radius 2 is 2.14 bits per heavy atom. The van der Waals surface area contributed by atoms with Crippen LogP contribution in [0.5, 0.6) is 0 Å². The van der Waals surface area contributed by atoms with Crippen molar-refractivity contribution < 1.29 is 9.59 Å². The number of allylic oxidation sites excluding steroid dienone is 1. The summed E-state index contributed by atoms with van der Waals surface area (Å²) in [5.41, 5.74) is 4.59. The first-order valence-electron chi connectivity index (χ1n) is 1.68. The molecule has 0 aliphatic carbocycles. The highest BCUT2D eigenvalue weighted by atomic mass is 16.1. The Balaban J connectivity index is 3.46. The van der Waals surface area contributed by atoms with Crippen LogP contribution in [0.15, 0.2) is 12.2 Å². The van der Waals surface area contributed by atoms with E-state index in [1.807, 2.05) is 0 Å². The van der Waals surface area contributed by atoms with Crippen molar-refractivity contribution in [1.29, 1.82) is 0 Å². The molecule has 0 saturated heterocycles. The molecule has 0 saturated carbocycles. The van der Waals surface area contributed by atoms with Crippen LogP contribution in [0.1, 0.15) is 0 Å². The van der Waals surface area contributed by atoms with E-state index in [1.54, 1.807) is 0 Å². The van der Waals surface area contributed by atoms with E-state index in [0.29, 0.717) is 6.29 Å². The lowest BCUT2D eigenvalue weighted by atomic mass is 10.5. The van der Waals surface area contributed by atoms with Crippen molar-refractivity contribution in [2.45, 2.75) is 0 Å². The zero-order valence-electron chi connectivity index (χ0n) is 3.63. The molecule has 0 unspecified atom stereocenters. The van der Waals surface area contributed by atoms with Crippen molar-refractivity contribution in [3.63, 3.8) is 0 Å². The highest BCUT2D eigenvalue weighted by Gasteiger charge is 1.75. The minimum atomic E-state index is -0.605. The smallest absolute Gasteiger partial charge is 0.241 e. The fraction of sp³-hybridized carbons (Fsp3) is 0. The molecular weight excluding hydrogens is 94.0 g/mol. The molecule has 0 spiro atoms. The molecule has 0 fully saturated rings. The molecular formula is C4H5NO2. The molecule has 0 radical (unpaired) electrons. The number of amides is 1. The third-order valence-corrected chi connectivity index (χ3v) is 0.339. The lowest BCUT2D eigenvalue weighted by Gasteiger charge is -1.69. The summed E-state index contributed by atoms with van der Waals surface area (Å²) in [6.45, 7) is 0. The molecule has 2 N–H and O–H groups in total. The van der Waals surface area contributed by atoms with E-state index in [9.17, 15) is 9.59 Å². The van der Waals surface area contributed by atoms with Gasteiger partial charge in [-0.3, -0.25) is 9.59 Å². The molecule has 0 aliphatic rings. The van der Waals surface area contributed by atoms with Crippen LogP contribution in [-0.4, -0.2) is 12.2 Å². The summed E-state index contributed by atoms with van der Waals surface area (Å²) >= 11 is 0. The summed E-state index contributed by atoms with van der Waals surface area (Å²) < 4.78 is 0. The maximum absolute atomic E-state index is 9.73. The molecule has 38 valence electrons. The minimum Gasteiger partial charge on any atom is -0.366 e. The molecule has 1 amide bonds. The molecule has 0 bridgehead atoms. The maximum atomic E-state index is 9.73. The van der Waals surface area contributed by atoms with E-state index >= 15 is 0 Å². The Hall–Kier alpha value is -1.12. The Morgan fingerprint density at radius 1 is 1.57 bits per heavy atom. The highest BCUT2D eigenvalue weighted by Crippen LogP contribution is 1.60. The van der Waals surface area contributed by atoms with E-state index < -0.39 is 5.91 Å². The van der Waals surface area contributed by atoms with Gasteiger partial charge in [-0.25, -0.2) is 0 Å². The number of hydrogen-bond acceptors (Lipinski definition) is 2. The van der Waals surface area contributed by atoms with Crippen LogP contribution in [0.25, 0.3) is 0 Å². The van der Waals surface area contributed by atoms with Crippen molar-refractivity contribution in [3.05, 3.63) is 12.2 Å². The molecule has 0 rings (SSSR count). The van der Waals surface area contributed by atoms with Crippen molar-refractivity contribution >= 4 is 12.2 Å². The highest BCUT2D eigenvalue weighted by molar-refractivity contribution is 5.89. The first-order valence-corrected chi connectivity index (χ1v) is 1.68. The van der Waals surface area contributed by atoms with Crippen LogP contribution in [0, 0.1) is 0 Å². The van der Waals surface area contributed by atoms with E-state index in [2.05, 4.69) is 5.73 Å². The summed E-state index contributed by atoms with van der Waals surface area (Å²) in [5, 5.41) is 0. The zero-order valence-corrected chi connectivity index (χ0v) is 3.63. The second-order valence-electron chi connectivity index (χ2n) is 0.898. The molecule has 0 aromatic rings. The maximum Gasteiger partial charge on any atom is 0.241 e. The number of rotatable bonds is 2. The molecule has 3 heteroatoms. The summed E-state index contributed by atoms with van der Waals surface area (Å²) in [5.74, 6) is -0.605. The predicted molar refractivity (Wildman–Crippen MR) is 24.4 cm³/mol. The standard InChI is InChI=1S/C4H5NO2/c5-4(7)2-1-3-6/h1-3H,(H2,5,7)/b2-1+. The van der Waals surface area contributed by atoms with Crippen molar-refractivity contribution in [1.82, 2.24) is 0 Å². The second-order valence-corrected chi connectivity index (χ2v) is 0.898. The van der Waals surface area contributed by atoms with Crippen molar-refractivity contribution in [2.75, 3.05) is 0 Å². The largest absolute Gasteiger partial charge is 0.366 e. The second kappa shape index (κ2) is 3.08. The topological polar surface area (TPSA) is 60.2 Å². The molecule has 0 aliphatic heterocycles. The van der Waals surface area contributed by atoms with E-state index in [0.717, 1.165) is 12.2 Å². The number of nitrogens with two attached hydrogens (primary N) is 1. The van der Waals surface area contributed by atoms with Crippen LogP contribution in [-0.2, 0) is 9.59 Å². The molecule has 0 aromatic carbocycles. The van der Waals surface area contributed by atoms with Crippen LogP contribution < -0.4 is 5.73 Å². The summed E-state index contributed by atoms with van der Waals surface area (Å²) in [7, 11) is 0. The van der Waals surface area contributed by atoms with Gasteiger partial charge in [0.15, 0.2) is 0 Å². The van der Waals surface area contributed by atoms with E-state index in [-0.39, 0.29) is 0 Å². The number of carbonyl (C=O) groups excluding carboxylic acids is 2. The van der Waals surface area contributed by atoms with Gasteiger partial charge in [-0.2, -0.15) is 0 Å². The first kappa shape index (κ1) is 5.88. The quantitative estimate of drug-likeness (QED) is 0.365. The van der Waals surface area contributed by atoms with Crippen LogP contribution in [0.3, 0.4) is 0 Å². The van der Waals surface area contributed by atoms with Gasteiger partial charge >= 0.3 is 0 Å². The van der Waals surface area contributed by atoms with Crippen LogP contribution in [0.2, 0.25) is 0 Å². The van der Waals surface area contributed by atoms with Crippen LogP contribution in [0.4, 0.5) is 0 Å². The number of carbonyl (C=O) groups is 2. The van der Waals surface area contributed by atoms with Gasteiger partial charge in [0, 0.05) is 6.08 Å². The Morgan fingerprint density at radius 3 is 2.29 bits per heavy atom. The first-order chi connectivity index (χ1) is 3.27. The number of aldehydes is 1. The third-order valence-electron chi connectivity index (χ3n) is 0.339. The summed E-state index contributed by atoms with van der Waals surface area (Å²) in [6.07, 6.45) is 2.53. The van der Waals surface area contributed by atoms with Gasteiger partial charge in [-0.1, -0.05) is 0 Å². The van der Waals surface area contributed by atoms with Gasteiger partial charge in [0.2, 0.25) is 5.91 Å².